The number of nitrogens with one attached hydrogen (secondary N) is 2. The quantitative estimate of drug-likeness (QED) is 0.713. The van der Waals surface area contributed by atoms with Crippen LogP contribution in [0.5, 0.6) is 5.75 Å². The topological polar surface area (TPSA) is 50.4 Å². The number of piperidine rings is 1. The average Bonchev–Trinajstić information content (AvgIpc) is 2.55. The molecule has 1 fully saturated rings. The van der Waals surface area contributed by atoms with Gasteiger partial charge in [0.2, 0.25) is 5.91 Å². The third-order valence-corrected chi connectivity index (χ3v) is 3.96. The van der Waals surface area contributed by atoms with Crippen LogP contribution in [0.4, 0.5) is 4.39 Å². The van der Waals surface area contributed by atoms with Crippen molar-refractivity contribution in [1.29, 1.82) is 0 Å². The van der Waals surface area contributed by atoms with E-state index in [2.05, 4.69) is 10.6 Å². The van der Waals surface area contributed by atoms with E-state index in [1.54, 1.807) is 12.1 Å². The van der Waals surface area contributed by atoms with Gasteiger partial charge in [-0.25, -0.2) is 4.39 Å². The van der Waals surface area contributed by atoms with Crippen LogP contribution in [-0.4, -0.2) is 32.1 Å². The van der Waals surface area contributed by atoms with E-state index in [1.807, 2.05) is 0 Å². The molecule has 130 valence electrons. The number of halogens is 2. The van der Waals surface area contributed by atoms with Crippen molar-refractivity contribution in [3.63, 3.8) is 0 Å². The van der Waals surface area contributed by atoms with E-state index in [9.17, 15) is 9.18 Å². The van der Waals surface area contributed by atoms with Gasteiger partial charge in [0.05, 0.1) is 6.61 Å². The highest BCUT2D eigenvalue weighted by atomic mass is 35.5. The van der Waals surface area contributed by atoms with Crippen LogP contribution in [-0.2, 0) is 4.79 Å². The molecule has 23 heavy (non-hydrogen) atoms. The van der Waals surface area contributed by atoms with Gasteiger partial charge in [-0.15, -0.1) is 12.4 Å². The molecule has 1 aliphatic heterocycles. The number of hydrogen-bond donors (Lipinski definition) is 2. The Labute approximate surface area is 143 Å². The fourth-order valence-electron chi connectivity index (χ4n) is 2.61. The van der Waals surface area contributed by atoms with Gasteiger partial charge >= 0.3 is 0 Å². The van der Waals surface area contributed by atoms with Crippen LogP contribution in [0, 0.1) is 11.7 Å². The summed E-state index contributed by atoms with van der Waals surface area (Å²) in [4.78, 5) is 11.7. The van der Waals surface area contributed by atoms with Crippen molar-refractivity contribution in [2.45, 2.75) is 32.1 Å². The first kappa shape index (κ1) is 19.7. The van der Waals surface area contributed by atoms with E-state index in [4.69, 9.17) is 4.74 Å². The first-order valence-electron chi connectivity index (χ1n) is 8.10. The molecule has 2 rings (SSSR count). The van der Waals surface area contributed by atoms with Gasteiger partial charge in [-0.3, -0.25) is 4.79 Å². The molecule has 0 spiro atoms. The minimum Gasteiger partial charge on any atom is -0.494 e. The molecule has 1 amide bonds. The Kier molecular flexibility index (Phi) is 9.64. The molecule has 1 aromatic carbocycles. The van der Waals surface area contributed by atoms with Crippen molar-refractivity contribution >= 4 is 18.3 Å². The highest BCUT2D eigenvalue weighted by Crippen LogP contribution is 2.17. The zero-order valence-corrected chi connectivity index (χ0v) is 14.2. The molecule has 0 atom stereocenters. The molecule has 2 N–H and O–H groups in total. The molecule has 0 saturated carbocycles. The predicted octanol–water partition coefficient (Wildman–Crippen LogP) is 2.91. The van der Waals surface area contributed by atoms with Gasteiger partial charge in [-0.1, -0.05) is 0 Å². The Morgan fingerprint density at radius 2 is 1.96 bits per heavy atom. The molecule has 1 heterocycles. The van der Waals surface area contributed by atoms with E-state index in [0.717, 1.165) is 25.9 Å². The number of carbonyl (C=O) groups excluding carboxylic acids is 1. The third kappa shape index (κ3) is 8.18. The van der Waals surface area contributed by atoms with Crippen LogP contribution in [0.2, 0.25) is 0 Å². The minimum atomic E-state index is -0.270. The smallest absolute Gasteiger partial charge is 0.220 e. The van der Waals surface area contributed by atoms with Crippen molar-refractivity contribution in [1.82, 2.24) is 10.6 Å². The minimum absolute atomic E-state index is 0. The molecule has 0 radical (unpaired) electrons. The fourth-order valence-corrected chi connectivity index (χ4v) is 2.61. The summed E-state index contributed by atoms with van der Waals surface area (Å²) in [7, 11) is 0. The molecule has 0 bridgehead atoms. The molecule has 1 aliphatic rings. The van der Waals surface area contributed by atoms with Gasteiger partial charge in [-0.2, -0.15) is 0 Å². The molecule has 4 nitrogen and oxygen atoms in total. The standard InChI is InChI=1S/C17H25FN2O2.ClH/c18-15-3-5-16(6-4-15)22-13-1-10-20-17(21)7-2-14-8-11-19-12-9-14;/h3-6,14,19H,1-2,7-13H2,(H,20,21);1H. The summed E-state index contributed by atoms with van der Waals surface area (Å²) in [5.74, 6) is 1.20. The van der Waals surface area contributed by atoms with Crippen LogP contribution >= 0.6 is 12.4 Å². The van der Waals surface area contributed by atoms with E-state index < -0.39 is 0 Å². The van der Waals surface area contributed by atoms with E-state index >= 15 is 0 Å². The molecule has 0 aliphatic carbocycles. The molecular formula is C17H26ClFN2O2. The maximum absolute atomic E-state index is 12.7. The van der Waals surface area contributed by atoms with Crippen LogP contribution in [0.15, 0.2) is 24.3 Å². The third-order valence-electron chi connectivity index (χ3n) is 3.96. The summed E-state index contributed by atoms with van der Waals surface area (Å²) in [5.41, 5.74) is 0. The van der Waals surface area contributed by atoms with E-state index in [0.29, 0.717) is 31.2 Å². The highest BCUT2D eigenvalue weighted by Gasteiger charge is 2.14. The lowest BCUT2D eigenvalue weighted by atomic mass is 9.93. The van der Waals surface area contributed by atoms with Crippen molar-refractivity contribution < 1.29 is 13.9 Å². The maximum Gasteiger partial charge on any atom is 0.220 e. The number of benzene rings is 1. The Morgan fingerprint density at radius 1 is 1.26 bits per heavy atom. The lowest BCUT2D eigenvalue weighted by molar-refractivity contribution is -0.121. The lowest BCUT2D eigenvalue weighted by Gasteiger charge is -2.22. The van der Waals surface area contributed by atoms with Gasteiger partial charge in [0.1, 0.15) is 11.6 Å². The first-order valence-corrected chi connectivity index (χ1v) is 8.10. The average molecular weight is 345 g/mol. The molecule has 6 heteroatoms. The Morgan fingerprint density at radius 3 is 2.65 bits per heavy atom. The summed E-state index contributed by atoms with van der Waals surface area (Å²) in [5, 5.41) is 6.26. The summed E-state index contributed by atoms with van der Waals surface area (Å²) in [6.07, 6.45) is 4.71. The van der Waals surface area contributed by atoms with Crippen molar-refractivity contribution in [2.75, 3.05) is 26.2 Å². The molecule has 1 aromatic rings. The fraction of sp³-hybridized carbons (Fsp3) is 0.588. The Hall–Kier alpha value is -1.33. The predicted molar refractivity (Wildman–Crippen MR) is 91.6 cm³/mol. The Balaban J connectivity index is 0.00000264. The second kappa shape index (κ2) is 11.2. The van der Waals surface area contributed by atoms with Gasteiger partial charge < -0.3 is 15.4 Å². The van der Waals surface area contributed by atoms with Crippen molar-refractivity contribution in [3.05, 3.63) is 30.1 Å². The Bertz CT molecular complexity index is 450. The zero-order chi connectivity index (χ0) is 15.6. The van der Waals surface area contributed by atoms with Crippen molar-refractivity contribution in [3.8, 4) is 5.75 Å². The summed E-state index contributed by atoms with van der Waals surface area (Å²) in [6.45, 7) is 3.28. The van der Waals surface area contributed by atoms with Crippen molar-refractivity contribution in [2.24, 2.45) is 5.92 Å². The number of ether oxygens (including phenoxy) is 1. The van der Waals surface area contributed by atoms with Gasteiger partial charge in [-0.05, 0) is 69.0 Å². The summed E-state index contributed by atoms with van der Waals surface area (Å²) in [6, 6.07) is 5.95. The summed E-state index contributed by atoms with van der Waals surface area (Å²) >= 11 is 0. The normalized spacial score (nSPS) is 14.8. The summed E-state index contributed by atoms with van der Waals surface area (Å²) < 4.78 is 18.2. The van der Waals surface area contributed by atoms with Crippen LogP contribution in [0.3, 0.4) is 0 Å². The van der Waals surface area contributed by atoms with E-state index in [-0.39, 0.29) is 24.1 Å². The number of amides is 1. The zero-order valence-electron chi connectivity index (χ0n) is 13.4. The largest absolute Gasteiger partial charge is 0.494 e. The number of hydrogen-bond acceptors (Lipinski definition) is 3. The highest BCUT2D eigenvalue weighted by molar-refractivity contribution is 5.85. The molecule has 0 aromatic heterocycles. The van der Waals surface area contributed by atoms with Crippen LogP contribution in [0.25, 0.3) is 0 Å². The first-order chi connectivity index (χ1) is 10.7. The number of rotatable bonds is 8. The molecule has 0 unspecified atom stereocenters. The monoisotopic (exact) mass is 344 g/mol. The molecule has 1 saturated heterocycles. The number of carbonyl (C=O) groups is 1. The maximum atomic E-state index is 12.7. The van der Waals surface area contributed by atoms with Gasteiger partial charge in [0, 0.05) is 13.0 Å². The SMILES string of the molecule is Cl.O=C(CCC1CCNCC1)NCCCOc1ccc(F)cc1. The lowest BCUT2D eigenvalue weighted by Crippen LogP contribution is -2.30. The van der Waals surface area contributed by atoms with E-state index in [1.165, 1.54) is 25.0 Å². The second-order valence-electron chi connectivity index (χ2n) is 5.74. The van der Waals surface area contributed by atoms with Gasteiger partial charge in [0.25, 0.3) is 0 Å². The van der Waals surface area contributed by atoms with Crippen LogP contribution < -0.4 is 15.4 Å². The van der Waals surface area contributed by atoms with Crippen LogP contribution in [0.1, 0.15) is 32.1 Å². The second-order valence-corrected chi connectivity index (χ2v) is 5.74. The molecular weight excluding hydrogens is 319 g/mol. The van der Waals surface area contributed by atoms with Gasteiger partial charge in [0.15, 0.2) is 0 Å².